The van der Waals surface area contributed by atoms with Crippen molar-refractivity contribution >= 4 is 33.5 Å². The van der Waals surface area contributed by atoms with Gasteiger partial charge < -0.3 is 15.2 Å². The summed E-state index contributed by atoms with van der Waals surface area (Å²) in [6.07, 6.45) is 0.760. The van der Waals surface area contributed by atoms with Crippen molar-refractivity contribution in [3.63, 3.8) is 0 Å². The number of amides is 1. The fraction of sp³-hybridized carbons (Fsp3) is 0.467. The summed E-state index contributed by atoms with van der Waals surface area (Å²) in [6, 6.07) is 5.21. The van der Waals surface area contributed by atoms with Gasteiger partial charge in [0.25, 0.3) is 0 Å². The first-order valence-electron chi connectivity index (χ1n) is 6.75. The van der Waals surface area contributed by atoms with E-state index in [2.05, 4.69) is 21.2 Å². The van der Waals surface area contributed by atoms with Gasteiger partial charge in [0.15, 0.2) is 0 Å². The molecule has 1 rings (SSSR count). The van der Waals surface area contributed by atoms with Gasteiger partial charge in [-0.25, -0.2) is 0 Å². The molecule has 2 N–H and O–H groups in total. The average molecular weight is 358 g/mol. The summed E-state index contributed by atoms with van der Waals surface area (Å²) in [4.78, 5) is 23.6. The van der Waals surface area contributed by atoms with E-state index in [4.69, 9.17) is 4.74 Å². The first-order valence-corrected chi connectivity index (χ1v) is 7.54. The van der Waals surface area contributed by atoms with Crippen LogP contribution in [0.1, 0.15) is 33.1 Å². The Morgan fingerprint density at radius 3 is 2.43 bits per heavy atom. The summed E-state index contributed by atoms with van der Waals surface area (Å²) < 4.78 is 5.82. The lowest BCUT2D eigenvalue weighted by atomic mass is 9.79. The number of rotatable bonds is 7. The molecule has 1 amide bonds. The lowest BCUT2D eigenvalue weighted by Crippen LogP contribution is -2.34. The molecule has 0 atom stereocenters. The van der Waals surface area contributed by atoms with Gasteiger partial charge in [-0.1, -0.05) is 13.8 Å². The second kappa shape index (κ2) is 7.45. The van der Waals surface area contributed by atoms with Gasteiger partial charge in [-0.2, -0.15) is 0 Å². The molecule has 0 aliphatic heterocycles. The molecule has 0 fully saturated rings. The van der Waals surface area contributed by atoms with E-state index >= 15 is 0 Å². The predicted octanol–water partition coefficient (Wildman–Crippen LogP) is 3.68. The minimum Gasteiger partial charge on any atom is -0.497 e. The number of anilines is 1. The highest BCUT2D eigenvalue weighted by molar-refractivity contribution is 9.10. The number of ether oxygens (including phenoxy) is 1. The normalized spacial score (nSPS) is 11.0. The van der Waals surface area contributed by atoms with Gasteiger partial charge in [0.2, 0.25) is 5.91 Å². The Balaban J connectivity index is 2.89. The number of carboxylic acids is 1. The molecule has 5 nitrogen and oxygen atoms in total. The highest BCUT2D eigenvalue weighted by Gasteiger charge is 2.37. The quantitative estimate of drug-likeness (QED) is 0.780. The van der Waals surface area contributed by atoms with Gasteiger partial charge in [0.1, 0.15) is 5.75 Å². The molecule has 6 heteroatoms. The molecule has 0 radical (unpaired) electrons. The summed E-state index contributed by atoms with van der Waals surface area (Å²) in [6.45, 7) is 3.57. The lowest BCUT2D eigenvalue weighted by Gasteiger charge is -2.26. The Bertz CT molecular complexity index is 526. The molecular formula is C15H20BrNO4. The zero-order valence-electron chi connectivity index (χ0n) is 12.4. The lowest BCUT2D eigenvalue weighted by molar-refractivity contribution is -0.151. The van der Waals surface area contributed by atoms with Crippen LogP contribution in [0, 0.1) is 5.41 Å². The van der Waals surface area contributed by atoms with Crippen molar-refractivity contribution in [1.82, 2.24) is 0 Å². The summed E-state index contributed by atoms with van der Waals surface area (Å²) >= 11 is 3.34. The monoisotopic (exact) mass is 357 g/mol. The van der Waals surface area contributed by atoms with Gasteiger partial charge in [0, 0.05) is 17.0 Å². The van der Waals surface area contributed by atoms with Crippen molar-refractivity contribution in [2.45, 2.75) is 33.1 Å². The Kier molecular flexibility index (Phi) is 6.20. The Morgan fingerprint density at radius 2 is 1.95 bits per heavy atom. The number of carbonyl (C=O) groups excluding carboxylic acids is 1. The van der Waals surface area contributed by atoms with Crippen molar-refractivity contribution < 1.29 is 19.4 Å². The summed E-state index contributed by atoms with van der Waals surface area (Å²) in [7, 11) is 1.54. The van der Waals surface area contributed by atoms with Gasteiger partial charge in [-0.05, 0) is 40.9 Å². The van der Waals surface area contributed by atoms with Crippen LogP contribution in [0.2, 0.25) is 0 Å². The standard InChI is InChI=1S/C15H20BrNO4/c1-4-15(5-2,14(19)20)9-13(18)17-12-8-10(21-3)6-7-11(12)16/h6-8H,4-5,9H2,1-3H3,(H,17,18)(H,19,20). The molecule has 116 valence electrons. The molecule has 0 unspecified atom stereocenters. The Labute approximate surface area is 132 Å². The number of hydrogen-bond acceptors (Lipinski definition) is 3. The molecule has 1 aromatic rings. The smallest absolute Gasteiger partial charge is 0.310 e. The number of carbonyl (C=O) groups is 2. The molecule has 21 heavy (non-hydrogen) atoms. The molecular weight excluding hydrogens is 338 g/mol. The molecule has 0 aliphatic carbocycles. The summed E-state index contributed by atoms with van der Waals surface area (Å²) in [5.41, 5.74) is -0.457. The fourth-order valence-electron chi connectivity index (χ4n) is 2.11. The van der Waals surface area contributed by atoms with E-state index in [0.29, 0.717) is 28.8 Å². The SMILES string of the molecule is CCC(CC)(CC(=O)Nc1cc(OC)ccc1Br)C(=O)O. The van der Waals surface area contributed by atoms with Crippen LogP contribution in [0.3, 0.4) is 0 Å². The van der Waals surface area contributed by atoms with Crippen LogP contribution in [-0.4, -0.2) is 24.1 Å². The maximum Gasteiger partial charge on any atom is 0.310 e. The highest BCUT2D eigenvalue weighted by Crippen LogP contribution is 2.33. The van der Waals surface area contributed by atoms with Crippen LogP contribution in [0.4, 0.5) is 5.69 Å². The summed E-state index contributed by atoms with van der Waals surface area (Å²) in [5, 5.41) is 12.1. The molecule has 0 saturated carbocycles. The van der Waals surface area contributed by atoms with E-state index in [9.17, 15) is 14.7 Å². The zero-order valence-corrected chi connectivity index (χ0v) is 14.0. The van der Waals surface area contributed by atoms with Crippen LogP contribution < -0.4 is 10.1 Å². The largest absolute Gasteiger partial charge is 0.497 e. The first-order chi connectivity index (χ1) is 9.88. The Morgan fingerprint density at radius 1 is 1.33 bits per heavy atom. The number of aliphatic carboxylic acids is 1. The molecule has 0 aliphatic rings. The van der Waals surface area contributed by atoms with Gasteiger partial charge in [-0.15, -0.1) is 0 Å². The molecule has 0 spiro atoms. The minimum absolute atomic E-state index is 0.0566. The van der Waals surface area contributed by atoms with E-state index in [1.165, 1.54) is 0 Å². The Hall–Kier alpha value is -1.56. The first kappa shape index (κ1) is 17.5. The maximum absolute atomic E-state index is 12.2. The highest BCUT2D eigenvalue weighted by atomic mass is 79.9. The van der Waals surface area contributed by atoms with E-state index in [1.807, 2.05) is 0 Å². The number of methoxy groups -OCH3 is 1. The average Bonchev–Trinajstić information content (AvgIpc) is 2.46. The van der Waals surface area contributed by atoms with E-state index < -0.39 is 11.4 Å². The van der Waals surface area contributed by atoms with E-state index in [-0.39, 0.29) is 12.3 Å². The second-order valence-electron chi connectivity index (χ2n) is 4.86. The number of hydrogen-bond donors (Lipinski definition) is 2. The van der Waals surface area contributed by atoms with Crippen molar-refractivity contribution in [3.05, 3.63) is 22.7 Å². The maximum atomic E-state index is 12.2. The zero-order chi connectivity index (χ0) is 16.0. The van der Waals surface area contributed by atoms with Gasteiger partial charge in [-0.3, -0.25) is 9.59 Å². The number of halogens is 1. The predicted molar refractivity (Wildman–Crippen MR) is 84.6 cm³/mol. The molecule has 0 heterocycles. The topological polar surface area (TPSA) is 75.6 Å². The summed E-state index contributed by atoms with van der Waals surface area (Å²) in [5.74, 6) is -0.647. The molecule has 1 aromatic carbocycles. The second-order valence-corrected chi connectivity index (χ2v) is 5.72. The van der Waals surface area contributed by atoms with Crippen molar-refractivity contribution in [2.24, 2.45) is 5.41 Å². The van der Waals surface area contributed by atoms with Crippen LogP contribution >= 0.6 is 15.9 Å². The van der Waals surface area contributed by atoms with Crippen molar-refractivity contribution in [2.75, 3.05) is 12.4 Å². The minimum atomic E-state index is -1.02. The van der Waals surface area contributed by atoms with Gasteiger partial charge >= 0.3 is 5.97 Å². The fourth-order valence-corrected chi connectivity index (χ4v) is 2.45. The molecule has 0 aromatic heterocycles. The molecule has 0 bridgehead atoms. The van der Waals surface area contributed by atoms with Crippen LogP contribution in [0.15, 0.2) is 22.7 Å². The van der Waals surface area contributed by atoms with Crippen molar-refractivity contribution in [1.29, 1.82) is 0 Å². The van der Waals surface area contributed by atoms with Gasteiger partial charge in [0.05, 0.1) is 18.2 Å². The van der Waals surface area contributed by atoms with Crippen molar-refractivity contribution in [3.8, 4) is 5.75 Å². The number of carboxylic acid groups (broad SMARTS) is 1. The van der Waals surface area contributed by atoms with E-state index in [0.717, 1.165) is 0 Å². The number of nitrogens with one attached hydrogen (secondary N) is 1. The van der Waals surface area contributed by atoms with Crippen LogP contribution in [0.5, 0.6) is 5.75 Å². The molecule has 0 saturated heterocycles. The third kappa shape index (κ3) is 4.20. The third-order valence-electron chi connectivity index (χ3n) is 3.75. The van der Waals surface area contributed by atoms with Crippen LogP contribution in [-0.2, 0) is 9.59 Å². The van der Waals surface area contributed by atoms with Crippen LogP contribution in [0.25, 0.3) is 0 Å². The third-order valence-corrected chi connectivity index (χ3v) is 4.45. The number of benzene rings is 1. The van der Waals surface area contributed by atoms with E-state index in [1.54, 1.807) is 39.2 Å².